The molecule has 3 atom stereocenters. The molecule has 1 aliphatic rings. The maximum Gasteiger partial charge on any atom is 0.269 e. The van der Waals surface area contributed by atoms with Gasteiger partial charge in [-0.3, -0.25) is 10.1 Å². The number of nitrogens with zero attached hydrogens (tertiary/aromatic N) is 1. The minimum atomic E-state index is -0.534. The van der Waals surface area contributed by atoms with Crippen molar-refractivity contribution in [2.45, 2.75) is 51.3 Å². The summed E-state index contributed by atoms with van der Waals surface area (Å²) in [5.41, 5.74) is 0.0355. The van der Waals surface area contributed by atoms with Gasteiger partial charge in [0.15, 0.2) is 0 Å². The highest BCUT2D eigenvalue weighted by atomic mass is 16.6. The Morgan fingerprint density at radius 1 is 1.32 bits per heavy atom. The number of nitrogens with one attached hydrogen (secondary N) is 1. The third-order valence-corrected chi connectivity index (χ3v) is 4.50. The number of piperidine rings is 1. The van der Waals surface area contributed by atoms with Crippen molar-refractivity contribution in [1.29, 1.82) is 0 Å². The first kappa shape index (κ1) is 16.7. The Labute approximate surface area is 130 Å². The Morgan fingerprint density at radius 3 is 2.45 bits per heavy atom. The smallest absolute Gasteiger partial charge is 0.269 e. The summed E-state index contributed by atoms with van der Waals surface area (Å²) in [4.78, 5) is 11.6. The Bertz CT molecular complexity index is 481. The molecule has 0 radical (unpaired) electrons. The Balaban J connectivity index is 1.81. The van der Waals surface area contributed by atoms with Crippen LogP contribution in [0.1, 0.15) is 33.1 Å². The third-order valence-electron chi connectivity index (χ3n) is 4.50. The lowest BCUT2D eigenvalue weighted by molar-refractivity contribution is -0.954. The molecule has 1 saturated heterocycles. The van der Waals surface area contributed by atoms with E-state index >= 15 is 0 Å². The van der Waals surface area contributed by atoms with E-state index in [9.17, 15) is 15.2 Å². The van der Waals surface area contributed by atoms with Gasteiger partial charge in [-0.05, 0) is 45.2 Å². The van der Waals surface area contributed by atoms with Crippen LogP contribution in [0.15, 0.2) is 24.3 Å². The third kappa shape index (κ3) is 4.42. The fraction of sp³-hybridized carbons (Fsp3) is 0.625. The molecule has 1 aliphatic heterocycles. The summed E-state index contributed by atoms with van der Waals surface area (Å²) in [7, 11) is 0. The number of nitro groups is 1. The lowest BCUT2D eigenvalue weighted by Gasteiger charge is -2.36. The molecule has 0 bridgehead atoms. The minimum absolute atomic E-state index is 0.0355. The fourth-order valence-electron chi connectivity index (χ4n) is 3.18. The van der Waals surface area contributed by atoms with Crippen molar-refractivity contribution in [2.75, 3.05) is 13.2 Å². The standard InChI is InChI=1S/C16H24N2O4/c1-12-4-3-5-13(2)17(12)10-15(19)11-22-16-8-6-14(7-9-16)18(20)21/h6-9,12-13,15,19H,3-5,10-11H2,1-2H3/p+1. The number of rotatable bonds is 6. The van der Waals surface area contributed by atoms with Crippen LogP contribution in [0.2, 0.25) is 0 Å². The first-order valence-electron chi connectivity index (χ1n) is 7.88. The van der Waals surface area contributed by atoms with Gasteiger partial charge < -0.3 is 14.7 Å². The number of aliphatic hydroxyl groups is 1. The van der Waals surface area contributed by atoms with E-state index in [0.29, 0.717) is 24.4 Å². The molecule has 0 saturated carbocycles. The van der Waals surface area contributed by atoms with Crippen LogP contribution in [0, 0.1) is 10.1 Å². The van der Waals surface area contributed by atoms with Crippen molar-refractivity contribution < 1.29 is 19.7 Å². The summed E-state index contributed by atoms with van der Waals surface area (Å²) in [6, 6.07) is 7.06. The van der Waals surface area contributed by atoms with Crippen LogP contribution in [0.5, 0.6) is 5.75 Å². The Hall–Kier alpha value is -1.66. The van der Waals surface area contributed by atoms with E-state index in [1.807, 2.05) is 0 Å². The van der Waals surface area contributed by atoms with Gasteiger partial charge in [0.05, 0.1) is 17.0 Å². The summed E-state index contributed by atoms with van der Waals surface area (Å²) in [5, 5.41) is 20.8. The van der Waals surface area contributed by atoms with E-state index < -0.39 is 11.0 Å². The molecule has 1 aromatic carbocycles. The van der Waals surface area contributed by atoms with E-state index in [-0.39, 0.29) is 12.3 Å². The molecule has 3 unspecified atom stereocenters. The van der Waals surface area contributed by atoms with Gasteiger partial charge in [-0.15, -0.1) is 0 Å². The summed E-state index contributed by atoms with van der Waals surface area (Å²) >= 11 is 0. The van der Waals surface area contributed by atoms with Crippen LogP contribution in [0.4, 0.5) is 5.69 Å². The van der Waals surface area contributed by atoms with Crippen molar-refractivity contribution in [3.05, 3.63) is 34.4 Å². The zero-order valence-corrected chi connectivity index (χ0v) is 13.2. The van der Waals surface area contributed by atoms with E-state index in [1.165, 1.54) is 36.3 Å². The number of hydrogen-bond acceptors (Lipinski definition) is 4. The number of non-ortho nitro benzene ring substituents is 1. The van der Waals surface area contributed by atoms with Crippen molar-refractivity contribution in [1.82, 2.24) is 0 Å². The Kier molecular flexibility index (Phi) is 5.74. The minimum Gasteiger partial charge on any atom is -0.491 e. The number of ether oxygens (including phenoxy) is 1. The number of nitro benzene ring substituents is 1. The molecule has 2 N–H and O–H groups in total. The number of hydrogen-bond donors (Lipinski definition) is 2. The lowest BCUT2D eigenvalue weighted by Crippen LogP contribution is -3.20. The summed E-state index contributed by atoms with van der Waals surface area (Å²) in [6.45, 7) is 5.35. The molecule has 6 heteroatoms. The first-order valence-corrected chi connectivity index (χ1v) is 7.88. The van der Waals surface area contributed by atoms with Crippen molar-refractivity contribution in [2.24, 2.45) is 0 Å². The highest BCUT2D eigenvalue weighted by Crippen LogP contribution is 2.17. The highest BCUT2D eigenvalue weighted by molar-refractivity contribution is 5.35. The van der Waals surface area contributed by atoms with Gasteiger partial charge in [0.25, 0.3) is 5.69 Å². The molecule has 1 aromatic rings. The topological polar surface area (TPSA) is 77.0 Å². The second-order valence-electron chi connectivity index (χ2n) is 6.23. The highest BCUT2D eigenvalue weighted by Gasteiger charge is 2.30. The van der Waals surface area contributed by atoms with E-state index in [1.54, 1.807) is 12.1 Å². The van der Waals surface area contributed by atoms with Crippen LogP contribution in [-0.4, -0.2) is 41.4 Å². The molecule has 0 aliphatic carbocycles. The number of benzene rings is 1. The quantitative estimate of drug-likeness (QED) is 0.611. The van der Waals surface area contributed by atoms with Gasteiger partial charge in [0, 0.05) is 12.1 Å². The molecular formula is C16H25N2O4+. The average molecular weight is 309 g/mol. The van der Waals surface area contributed by atoms with Crippen LogP contribution in [0.3, 0.4) is 0 Å². The number of aliphatic hydroxyl groups excluding tert-OH is 1. The zero-order valence-electron chi connectivity index (χ0n) is 13.2. The Morgan fingerprint density at radius 2 is 1.91 bits per heavy atom. The van der Waals surface area contributed by atoms with E-state index in [2.05, 4.69) is 13.8 Å². The molecule has 122 valence electrons. The van der Waals surface area contributed by atoms with Crippen LogP contribution in [-0.2, 0) is 0 Å². The average Bonchev–Trinajstić information content (AvgIpc) is 2.49. The zero-order chi connectivity index (χ0) is 16.1. The molecule has 0 amide bonds. The van der Waals surface area contributed by atoms with Gasteiger partial charge in [0.1, 0.15) is 25.0 Å². The fourth-order valence-corrected chi connectivity index (χ4v) is 3.18. The normalized spacial score (nSPS) is 26.4. The van der Waals surface area contributed by atoms with Gasteiger partial charge in [-0.1, -0.05) is 0 Å². The van der Waals surface area contributed by atoms with Crippen molar-refractivity contribution in [3.63, 3.8) is 0 Å². The molecule has 2 rings (SSSR count). The largest absolute Gasteiger partial charge is 0.491 e. The maximum absolute atomic E-state index is 10.6. The second-order valence-corrected chi connectivity index (χ2v) is 6.23. The summed E-state index contributed by atoms with van der Waals surface area (Å²) < 4.78 is 5.53. The van der Waals surface area contributed by atoms with E-state index in [0.717, 1.165) is 0 Å². The SMILES string of the molecule is CC1CCCC(C)[NH+]1CC(O)COc1ccc([N+](=O)[O-])cc1. The monoisotopic (exact) mass is 309 g/mol. The predicted molar refractivity (Wildman–Crippen MR) is 83.2 cm³/mol. The molecule has 22 heavy (non-hydrogen) atoms. The number of likely N-dealkylation sites (tertiary alicyclic amines) is 1. The lowest BCUT2D eigenvalue weighted by atomic mass is 9.97. The molecule has 1 fully saturated rings. The van der Waals surface area contributed by atoms with Crippen molar-refractivity contribution >= 4 is 5.69 Å². The molecule has 6 nitrogen and oxygen atoms in total. The van der Waals surface area contributed by atoms with Gasteiger partial charge >= 0.3 is 0 Å². The van der Waals surface area contributed by atoms with Crippen LogP contribution >= 0.6 is 0 Å². The summed E-state index contributed by atoms with van der Waals surface area (Å²) in [5.74, 6) is 0.541. The second kappa shape index (κ2) is 7.56. The van der Waals surface area contributed by atoms with E-state index in [4.69, 9.17) is 4.74 Å². The van der Waals surface area contributed by atoms with Crippen LogP contribution in [0.25, 0.3) is 0 Å². The molecule has 0 spiro atoms. The predicted octanol–water partition coefficient (Wildman–Crippen LogP) is 1.18. The van der Waals surface area contributed by atoms with Crippen molar-refractivity contribution in [3.8, 4) is 5.75 Å². The molecule has 1 heterocycles. The summed E-state index contributed by atoms with van der Waals surface area (Å²) in [6.07, 6.45) is 3.14. The molecular weight excluding hydrogens is 284 g/mol. The van der Waals surface area contributed by atoms with Gasteiger partial charge in [-0.25, -0.2) is 0 Å². The maximum atomic E-state index is 10.6. The van der Waals surface area contributed by atoms with Crippen LogP contribution < -0.4 is 9.64 Å². The number of quaternary nitrogens is 1. The van der Waals surface area contributed by atoms with Gasteiger partial charge in [0.2, 0.25) is 0 Å². The van der Waals surface area contributed by atoms with Gasteiger partial charge in [-0.2, -0.15) is 0 Å². The first-order chi connectivity index (χ1) is 10.5. The molecule has 0 aromatic heterocycles.